The molecule has 0 radical (unpaired) electrons. The second-order valence-corrected chi connectivity index (χ2v) is 16.3. The summed E-state index contributed by atoms with van der Waals surface area (Å²) in [7, 11) is 1.32. The summed E-state index contributed by atoms with van der Waals surface area (Å²) in [4.78, 5) is 58.7. The first-order chi connectivity index (χ1) is 29.5. The van der Waals surface area contributed by atoms with Gasteiger partial charge in [0.25, 0.3) is 0 Å². The van der Waals surface area contributed by atoms with E-state index in [-0.39, 0.29) is 24.5 Å². The van der Waals surface area contributed by atoms with Crippen LogP contribution in [0, 0.1) is 10.8 Å². The molecule has 4 aromatic heterocycles. The molecule has 18 heteroatoms. The molecule has 2 saturated carbocycles. The third kappa shape index (κ3) is 8.87. The van der Waals surface area contributed by atoms with Crippen LogP contribution < -0.4 is 21.3 Å². The van der Waals surface area contributed by atoms with Crippen LogP contribution in [0.15, 0.2) is 12.4 Å². The summed E-state index contributed by atoms with van der Waals surface area (Å²) in [5.74, 6) is -2.20. The van der Waals surface area contributed by atoms with Gasteiger partial charge in [0.15, 0.2) is 11.3 Å². The molecule has 4 aromatic rings. The monoisotopic (exact) mass is 844 g/mol. The molecular weight excluding hydrogens is 785 g/mol. The predicted octanol–water partition coefficient (Wildman–Crippen LogP) is 4.26. The fourth-order valence-electron chi connectivity index (χ4n) is 8.38. The van der Waals surface area contributed by atoms with Crippen LogP contribution in [0.1, 0.15) is 102 Å². The minimum atomic E-state index is -1.26. The molecule has 61 heavy (non-hydrogen) atoms. The van der Waals surface area contributed by atoms with Gasteiger partial charge in [0, 0.05) is 87.2 Å². The molecule has 5 N–H and O–H groups in total. The van der Waals surface area contributed by atoms with Crippen LogP contribution in [0.3, 0.4) is 0 Å². The van der Waals surface area contributed by atoms with Crippen molar-refractivity contribution in [2.24, 2.45) is 10.8 Å². The zero-order valence-electron chi connectivity index (χ0n) is 36.0. The number of pyridine rings is 2. The molecule has 8 rings (SSSR count). The van der Waals surface area contributed by atoms with E-state index in [0.717, 1.165) is 108 Å². The van der Waals surface area contributed by atoms with Crippen molar-refractivity contribution in [3.8, 4) is 0 Å². The standard InChI is InChI=1S/C22H31N5O4.C21H29N5O4/c1-4-17-15(12-23-20(28)22(8-9-22)21(29)30-3)18(25-14-6-10-31-11-7-14)16-13-24-27(5-2)19(16)26-17;1-3-16-14(11-22-19(27)21(7-8-21)20(28)29)17(24-13-5-9-30-10-6-13)15-12-23-26(4-2)18(15)25-16/h13-14H,4-12H2,1-3H3,(H,23,28)(H,25,26);12-13H,3-11H2,1-2H3,(H,22,27)(H,24,25)(H,28,29). The van der Waals surface area contributed by atoms with Crippen LogP contribution in [0.4, 0.5) is 11.4 Å². The first-order valence-corrected chi connectivity index (χ1v) is 21.8. The highest BCUT2D eigenvalue weighted by Crippen LogP contribution is 2.47. The number of esters is 1. The topological polar surface area (TPSA) is 226 Å². The summed E-state index contributed by atoms with van der Waals surface area (Å²) >= 11 is 0. The molecular formula is C43H60N10O8. The molecule has 0 spiro atoms. The second-order valence-electron chi connectivity index (χ2n) is 16.3. The van der Waals surface area contributed by atoms with Crippen molar-refractivity contribution in [3.05, 3.63) is 34.9 Å². The molecule has 0 aromatic carbocycles. The molecule has 4 fully saturated rings. The Morgan fingerprint density at radius 3 is 1.46 bits per heavy atom. The zero-order valence-corrected chi connectivity index (χ0v) is 36.0. The Bertz CT molecular complexity index is 2250. The molecule has 6 heterocycles. The first kappa shape index (κ1) is 43.7. The van der Waals surface area contributed by atoms with Gasteiger partial charge in [-0.2, -0.15) is 10.2 Å². The largest absolute Gasteiger partial charge is 0.480 e. The van der Waals surface area contributed by atoms with E-state index < -0.39 is 28.7 Å². The van der Waals surface area contributed by atoms with Gasteiger partial charge in [-0.3, -0.25) is 19.2 Å². The zero-order chi connectivity index (χ0) is 43.3. The van der Waals surface area contributed by atoms with Crippen LogP contribution in [-0.2, 0) is 72.4 Å². The van der Waals surface area contributed by atoms with Gasteiger partial charge in [-0.1, -0.05) is 13.8 Å². The van der Waals surface area contributed by atoms with Gasteiger partial charge >= 0.3 is 11.9 Å². The molecule has 0 bridgehead atoms. The fourth-order valence-corrected chi connectivity index (χ4v) is 8.38. The number of hydrogen-bond donors (Lipinski definition) is 5. The number of amides is 2. The number of aromatic nitrogens is 6. The fraction of sp³-hybridized carbons (Fsp3) is 0.628. The molecule has 330 valence electrons. The van der Waals surface area contributed by atoms with Gasteiger partial charge in [-0.25, -0.2) is 19.3 Å². The number of anilines is 2. The van der Waals surface area contributed by atoms with Gasteiger partial charge in [0.1, 0.15) is 10.8 Å². The third-order valence-corrected chi connectivity index (χ3v) is 12.6. The van der Waals surface area contributed by atoms with E-state index in [1.165, 1.54) is 7.11 Å². The number of carbonyl (C=O) groups excluding carboxylic acids is 3. The highest BCUT2D eigenvalue weighted by Gasteiger charge is 2.58. The van der Waals surface area contributed by atoms with Gasteiger partial charge in [0.2, 0.25) is 11.8 Å². The van der Waals surface area contributed by atoms with Crippen molar-refractivity contribution in [2.75, 3.05) is 44.2 Å². The number of carboxylic acids is 1. The van der Waals surface area contributed by atoms with Crippen LogP contribution in [0.2, 0.25) is 0 Å². The number of carbonyl (C=O) groups is 4. The molecule has 0 unspecified atom stereocenters. The number of aliphatic carboxylic acids is 1. The van der Waals surface area contributed by atoms with Crippen LogP contribution in [0.25, 0.3) is 22.1 Å². The Labute approximate surface area is 355 Å². The minimum absolute atomic E-state index is 0.239. The maximum absolute atomic E-state index is 12.8. The molecule has 2 aliphatic heterocycles. The minimum Gasteiger partial charge on any atom is -0.480 e. The van der Waals surface area contributed by atoms with E-state index >= 15 is 0 Å². The van der Waals surface area contributed by atoms with Gasteiger partial charge in [-0.15, -0.1) is 0 Å². The Morgan fingerprint density at radius 1 is 0.705 bits per heavy atom. The van der Waals surface area contributed by atoms with Gasteiger partial charge in [0.05, 0.1) is 41.7 Å². The maximum Gasteiger partial charge on any atom is 0.321 e. The molecule has 4 aliphatic rings. The Hall–Kier alpha value is -5.36. The summed E-state index contributed by atoms with van der Waals surface area (Å²) < 4.78 is 19.6. The summed E-state index contributed by atoms with van der Waals surface area (Å²) in [5.41, 5.74) is 4.94. The maximum atomic E-state index is 12.8. The lowest BCUT2D eigenvalue weighted by molar-refractivity contribution is -0.152. The second kappa shape index (κ2) is 18.7. The van der Waals surface area contributed by atoms with Crippen molar-refractivity contribution in [1.29, 1.82) is 0 Å². The van der Waals surface area contributed by atoms with Gasteiger partial charge < -0.3 is 40.6 Å². The van der Waals surface area contributed by atoms with Crippen molar-refractivity contribution >= 4 is 57.2 Å². The van der Waals surface area contributed by atoms with Crippen LogP contribution in [-0.4, -0.2) is 104 Å². The SMILES string of the molecule is CCc1nc2c(cnn2CC)c(NC2CCOCC2)c1CNC(=O)C1(C(=O)O)CC1.CCc1nc2c(cnn2CC)c(NC2CCOCC2)c1CNC(=O)C1(C(=O)OC)CC1. The molecule has 2 amide bonds. The van der Waals surface area contributed by atoms with E-state index in [1.807, 2.05) is 42.5 Å². The lowest BCUT2D eigenvalue weighted by atomic mass is 10.0. The van der Waals surface area contributed by atoms with E-state index in [4.69, 9.17) is 24.2 Å². The first-order valence-electron chi connectivity index (χ1n) is 21.8. The third-order valence-electron chi connectivity index (χ3n) is 12.6. The van der Waals surface area contributed by atoms with E-state index in [9.17, 15) is 24.3 Å². The summed E-state index contributed by atoms with van der Waals surface area (Å²) in [5, 5.41) is 33.5. The molecule has 0 atom stereocenters. The van der Waals surface area contributed by atoms with Crippen molar-refractivity contribution < 1.29 is 38.5 Å². The molecule has 2 aliphatic carbocycles. The number of hydrogen-bond acceptors (Lipinski definition) is 13. The number of fused-ring (bicyclic) bond motifs is 2. The quantitative estimate of drug-likeness (QED) is 0.0785. The van der Waals surface area contributed by atoms with Crippen molar-refractivity contribution in [2.45, 2.75) is 130 Å². The highest BCUT2D eigenvalue weighted by molar-refractivity contribution is 6.06. The van der Waals surface area contributed by atoms with Crippen molar-refractivity contribution in [3.63, 3.8) is 0 Å². The Balaban J connectivity index is 0.000000184. The molecule has 18 nitrogen and oxygen atoms in total. The van der Waals surface area contributed by atoms with Crippen LogP contribution in [0.5, 0.6) is 0 Å². The highest BCUT2D eigenvalue weighted by atomic mass is 16.5. The van der Waals surface area contributed by atoms with Crippen molar-refractivity contribution in [1.82, 2.24) is 40.2 Å². The number of nitrogens with one attached hydrogen (secondary N) is 4. The lowest BCUT2D eigenvalue weighted by Crippen LogP contribution is -2.38. The van der Waals surface area contributed by atoms with Crippen LogP contribution >= 0.6 is 0 Å². The summed E-state index contributed by atoms with van der Waals surface area (Å²) in [6.07, 6.45) is 10.6. The van der Waals surface area contributed by atoms with E-state index in [1.54, 1.807) is 0 Å². The summed E-state index contributed by atoms with van der Waals surface area (Å²) in [6.45, 7) is 13.0. The molecule has 2 saturated heterocycles. The van der Waals surface area contributed by atoms with E-state index in [2.05, 4.69) is 38.4 Å². The predicted molar refractivity (Wildman–Crippen MR) is 227 cm³/mol. The summed E-state index contributed by atoms with van der Waals surface area (Å²) in [6, 6.07) is 0.551. The normalized spacial score (nSPS) is 18.2. The number of methoxy groups -OCH3 is 1. The number of rotatable bonds is 16. The Morgan fingerprint density at radius 2 is 1.11 bits per heavy atom. The number of carboxylic acid groups (broad SMARTS) is 1. The number of aryl methyl sites for hydroxylation is 4. The average molecular weight is 845 g/mol. The Kier molecular flexibility index (Phi) is 13.4. The lowest BCUT2D eigenvalue weighted by Gasteiger charge is -2.27. The smallest absolute Gasteiger partial charge is 0.321 e. The van der Waals surface area contributed by atoms with Gasteiger partial charge in [-0.05, 0) is 78.1 Å². The number of ether oxygens (including phenoxy) is 3. The average Bonchev–Trinajstić information content (AvgIpc) is 4.20. The van der Waals surface area contributed by atoms with E-state index in [0.29, 0.717) is 58.4 Å². The number of nitrogens with zero attached hydrogens (tertiary/aromatic N) is 6.